The number of hydrogen-bond donors (Lipinski definition) is 0. The minimum Gasteiger partial charge on any atom is -0.497 e. The number of halogens is 1. The largest absolute Gasteiger partial charge is 0.497 e. The molecular weight excluding hydrogens is 462 g/mol. The minimum absolute atomic E-state index is 0. The molecule has 1 aliphatic rings. The number of carbonyl (C=O) groups excluding carboxylic acids is 1. The monoisotopic (exact) mass is 491 g/mol. The molecule has 1 fully saturated rings. The van der Waals surface area contributed by atoms with Gasteiger partial charge in [0.1, 0.15) is 29.4 Å². The lowest BCUT2D eigenvalue weighted by Gasteiger charge is -2.26. The maximum Gasteiger partial charge on any atom is 0.150 e. The van der Waals surface area contributed by atoms with Crippen molar-refractivity contribution in [1.29, 1.82) is 0 Å². The summed E-state index contributed by atoms with van der Waals surface area (Å²) in [6.45, 7) is 3.82. The molecule has 1 aliphatic heterocycles. The third kappa shape index (κ3) is 5.37. The Kier molecular flexibility index (Phi) is 8.11. The predicted molar refractivity (Wildman–Crippen MR) is 142 cm³/mol. The summed E-state index contributed by atoms with van der Waals surface area (Å²) < 4.78 is 17.8. The van der Waals surface area contributed by atoms with Gasteiger partial charge in [0.2, 0.25) is 0 Å². The standard InChI is InChI=1S/C29H29NO4.ClH/c1-32-23-12-9-21(10-13-23)29-28(25-7-3-4-8-27(25)34-29)26-19-24(14-11-22(26)20-31)33-18-17-30-15-5-2-6-16-30;/h3-4,7-14,19-20H,2,5-6,15-18H2,1H3;1H. The number of para-hydroxylation sites is 1. The van der Waals surface area contributed by atoms with Crippen LogP contribution < -0.4 is 9.47 Å². The van der Waals surface area contributed by atoms with Gasteiger partial charge in [-0.3, -0.25) is 9.69 Å². The van der Waals surface area contributed by atoms with Crippen LogP contribution in [-0.4, -0.2) is 44.5 Å². The van der Waals surface area contributed by atoms with Gasteiger partial charge in [0, 0.05) is 34.2 Å². The van der Waals surface area contributed by atoms with Crippen LogP contribution >= 0.6 is 12.4 Å². The van der Waals surface area contributed by atoms with Crippen molar-refractivity contribution < 1.29 is 18.7 Å². The summed E-state index contributed by atoms with van der Waals surface area (Å²) in [7, 11) is 1.65. The van der Waals surface area contributed by atoms with Gasteiger partial charge in [0.25, 0.3) is 0 Å². The van der Waals surface area contributed by atoms with Crippen LogP contribution in [0.25, 0.3) is 33.4 Å². The second kappa shape index (κ2) is 11.4. The Bertz CT molecular complexity index is 1280. The Hall–Kier alpha value is -3.28. The third-order valence-corrected chi connectivity index (χ3v) is 6.49. The van der Waals surface area contributed by atoms with E-state index in [-0.39, 0.29) is 12.4 Å². The first kappa shape index (κ1) is 24.8. The van der Waals surface area contributed by atoms with Crippen LogP contribution in [0.1, 0.15) is 29.6 Å². The van der Waals surface area contributed by atoms with Crippen LogP contribution in [0, 0.1) is 0 Å². The lowest BCUT2D eigenvalue weighted by molar-refractivity contribution is 0.112. The number of rotatable bonds is 8. The quantitative estimate of drug-likeness (QED) is 0.251. The van der Waals surface area contributed by atoms with Crippen molar-refractivity contribution in [3.05, 3.63) is 72.3 Å². The highest BCUT2D eigenvalue weighted by molar-refractivity contribution is 6.05. The van der Waals surface area contributed by atoms with Crippen molar-refractivity contribution in [3.63, 3.8) is 0 Å². The van der Waals surface area contributed by atoms with Crippen LogP contribution in [0.4, 0.5) is 0 Å². The average Bonchev–Trinajstić information content (AvgIpc) is 3.29. The van der Waals surface area contributed by atoms with Gasteiger partial charge in [0.15, 0.2) is 6.29 Å². The molecule has 4 aromatic rings. The molecule has 0 amide bonds. The van der Waals surface area contributed by atoms with E-state index in [1.807, 2.05) is 66.7 Å². The number of furan rings is 1. The van der Waals surface area contributed by atoms with E-state index in [9.17, 15) is 4.79 Å². The van der Waals surface area contributed by atoms with Crippen molar-refractivity contribution in [2.45, 2.75) is 19.3 Å². The molecule has 0 bridgehead atoms. The fourth-order valence-electron chi connectivity index (χ4n) is 4.68. The molecule has 1 aromatic heterocycles. The maximum atomic E-state index is 12.0. The second-order valence-electron chi connectivity index (χ2n) is 8.65. The van der Waals surface area contributed by atoms with Gasteiger partial charge < -0.3 is 13.9 Å². The van der Waals surface area contributed by atoms with Crippen molar-refractivity contribution in [2.24, 2.45) is 0 Å². The Morgan fingerprint density at radius 2 is 1.69 bits per heavy atom. The van der Waals surface area contributed by atoms with E-state index < -0.39 is 0 Å². The van der Waals surface area contributed by atoms with Gasteiger partial charge >= 0.3 is 0 Å². The number of piperidine rings is 1. The SMILES string of the molecule is COc1ccc(-c2oc3ccccc3c2-c2cc(OCCN3CCCCC3)ccc2C=O)cc1.Cl. The van der Waals surface area contributed by atoms with Gasteiger partial charge in [0.05, 0.1) is 7.11 Å². The number of aldehydes is 1. The lowest BCUT2D eigenvalue weighted by Crippen LogP contribution is -2.33. The van der Waals surface area contributed by atoms with Gasteiger partial charge in [-0.25, -0.2) is 0 Å². The molecule has 182 valence electrons. The van der Waals surface area contributed by atoms with Gasteiger partial charge in [-0.1, -0.05) is 24.6 Å². The topological polar surface area (TPSA) is 51.9 Å². The first-order valence-corrected chi connectivity index (χ1v) is 11.9. The van der Waals surface area contributed by atoms with E-state index in [2.05, 4.69) is 4.90 Å². The van der Waals surface area contributed by atoms with Gasteiger partial charge in [-0.05, 0) is 74.5 Å². The highest BCUT2D eigenvalue weighted by Crippen LogP contribution is 2.43. The smallest absolute Gasteiger partial charge is 0.150 e. The first-order chi connectivity index (χ1) is 16.8. The van der Waals surface area contributed by atoms with Crippen LogP contribution in [-0.2, 0) is 0 Å². The van der Waals surface area contributed by atoms with E-state index in [0.717, 1.165) is 70.8 Å². The Labute approximate surface area is 212 Å². The fraction of sp³-hybridized carbons (Fsp3) is 0.276. The van der Waals surface area contributed by atoms with E-state index in [1.165, 1.54) is 19.3 Å². The Balaban J connectivity index is 0.00000289. The molecular formula is C29H30ClNO4. The highest BCUT2D eigenvalue weighted by Gasteiger charge is 2.21. The van der Waals surface area contributed by atoms with Crippen LogP contribution in [0.15, 0.2) is 71.1 Å². The van der Waals surface area contributed by atoms with Crippen LogP contribution in [0.5, 0.6) is 11.5 Å². The van der Waals surface area contributed by atoms with Crippen LogP contribution in [0.3, 0.4) is 0 Å². The van der Waals surface area contributed by atoms with E-state index >= 15 is 0 Å². The maximum absolute atomic E-state index is 12.0. The number of carbonyl (C=O) groups is 1. The zero-order chi connectivity index (χ0) is 23.3. The van der Waals surface area contributed by atoms with E-state index in [1.54, 1.807) is 7.11 Å². The molecule has 35 heavy (non-hydrogen) atoms. The minimum atomic E-state index is 0. The van der Waals surface area contributed by atoms with E-state index in [0.29, 0.717) is 12.2 Å². The summed E-state index contributed by atoms with van der Waals surface area (Å²) in [6.07, 6.45) is 4.75. The molecule has 5 nitrogen and oxygen atoms in total. The summed E-state index contributed by atoms with van der Waals surface area (Å²) in [4.78, 5) is 14.5. The summed E-state index contributed by atoms with van der Waals surface area (Å²) in [5.41, 5.74) is 3.99. The second-order valence-corrected chi connectivity index (χ2v) is 8.65. The molecule has 0 aliphatic carbocycles. The summed E-state index contributed by atoms with van der Waals surface area (Å²) in [5, 5.41) is 0.960. The molecule has 0 atom stereocenters. The van der Waals surface area contributed by atoms with Crippen molar-refractivity contribution in [2.75, 3.05) is 33.4 Å². The number of benzene rings is 3. The first-order valence-electron chi connectivity index (χ1n) is 11.9. The molecule has 6 heteroatoms. The van der Waals surface area contributed by atoms with Crippen LogP contribution in [0.2, 0.25) is 0 Å². The molecule has 0 radical (unpaired) electrons. The summed E-state index contributed by atoms with van der Waals surface area (Å²) in [6, 6.07) is 21.3. The summed E-state index contributed by atoms with van der Waals surface area (Å²) in [5.74, 6) is 2.25. The number of likely N-dealkylation sites (tertiary alicyclic amines) is 1. The Morgan fingerprint density at radius 3 is 2.43 bits per heavy atom. The third-order valence-electron chi connectivity index (χ3n) is 6.49. The Morgan fingerprint density at radius 1 is 0.943 bits per heavy atom. The van der Waals surface area contributed by atoms with Gasteiger partial charge in [-0.15, -0.1) is 12.4 Å². The molecule has 0 spiro atoms. The number of fused-ring (bicyclic) bond motifs is 1. The zero-order valence-corrected chi connectivity index (χ0v) is 20.7. The zero-order valence-electron chi connectivity index (χ0n) is 19.9. The highest BCUT2D eigenvalue weighted by atomic mass is 35.5. The average molecular weight is 492 g/mol. The van der Waals surface area contributed by atoms with E-state index in [4.69, 9.17) is 13.9 Å². The predicted octanol–water partition coefficient (Wildman–Crippen LogP) is 6.87. The normalized spacial score (nSPS) is 13.9. The molecule has 5 rings (SSSR count). The molecule has 0 unspecified atom stereocenters. The van der Waals surface area contributed by atoms with Gasteiger partial charge in [-0.2, -0.15) is 0 Å². The number of ether oxygens (including phenoxy) is 2. The summed E-state index contributed by atoms with van der Waals surface area (Å²) >= 11 is 0. The van der Waals surface area contributed by atoms with Crippen molar-refractivity contribution in [3.8, 4) is 33.9 Å². The van der Waals surface area contributed by atoms with Crippen molar-refractivity contribution in [1.82, 2.24) is 4.90 Å². The number of methoxy groups -OCH3 is 1. The molecule has 2 heterocycles. The number of nitrogens with zero attached hydrogens (tertiary/aromatic N) is 1. The molecule has 0 N–H and O–H groups in total. The molecule has 3 aromatic carbocycles. The lowest BCUT2D eigenvalue weighted by atomic mass is 9.95. The molecule has 1 saturated heterocycles. The van der Waals surface area contributed by atoms with Crippen molar-refractivity contribution >= 4 is 29.7 Å². The fourth-order valence-corrected chi connectivity index (χ4v) is 4.68. The number of hydrogen-bond acceptors (Lipinski definition) is 5. The molecule has 0 saturated carbocycles.